The number of rotatable bonds is 6. The summed E-state index contributed by atoms with van der Waals surface area (Å²) in [5.41, 5.74) is 1.92. The van der Waals surface area contributed by atoms with Gasteiger partial charge in [0.25, 0.3) is 10.0 Å². The Bertz CT molecular complexity index is 1340. The predicted molar refractivity (Wildman–Crippen MR) is 123 cm³/mol. The lowest BCUT2D eigenvalue weighted by Crippen LogP contribution is -2.35. The summed E-state index contributed by atoms with van der Waals surface area (Å²) in [5, 5.41) is 15.5. The van der Waals surface area contributed by atoms with E-state index in [-0.39, 0.29) is 22.7 Å². The second-order valence-electron chi connectivity index (χ2n) is 8.05. The molecule has 0 radical (unpaired) electrons. The molecule has 10 heteroatoms. The van der Waals surface area contributed by atoms with Crippen LogP contribution in [-0.4, -0.2) is 24.2 Å². The van der Waals surface area contributed by atoms with Crippen LogP contribution in [0.3, 0.4) is 0 Å². The highest BCUT2D eigenvalue weighted by molar-refractivity contribution is 7.90. The van der Waals surface area contributed by atoms with E-state index in [1.165, 1.54) is 29.1 Å². The summed E-state index contributed by atoms with van der Waals surface area (Å²) < 4.78 is 43.1. The van der Waals surface area contributed by atoms with Gasteiger partial charge in [-0.25, -0.2) is 13.9 Å². The molecule has 8 nitrogen and oxygen atoms in total. The minimum atomic E-state index is -4.23. The van der Waals surface area contributed by atoms with Gasteiger partial charge < -0.3 is 5.32 Å². The van der Waals surface area contributed by atoms with Crippen molar-refractivity contribution in [2.45, 2.75) is 44.7 Å². The van der Waals surface area contributed by atoms with Crippen LogP contribution >= 0.6 is 0 Å². The molecule has 0 fully saturated rings. The van der Waals surface area contributed by atoms with Gasteiger partial charge >= 0.3 is 6.03 Å². The Morgan fingerprint density at radius 1 is 1.15 bits per heavy atom. The molecule has 2 aromatic carbocycles. The average molecular weight is 470 g/mol. The number of hydrogen-bond donors (Lipinski definition) is 2. The van der Waals surface area contributed by atoms with Crippen molar-refractivity contribution < 1.29 is 17.6 Å². The van der Waals surface area contributed by atoms with E-state index in [1.807, 2.05) is 38.5 Å². The van der Waals surface area contributed by atoms with Gasteiger partial charge in [-0.2, -0.15) is 18.8 Å². The van der Waals surface area contributed by atoms with Crippen molar-refractivity contribution in [2.75, 3.05) is 5.32 Å². The molecule has 0 spiro atoms. The molecular formula is C23H24FN5O3S. The highest BCUT2D eigenvalue weighted by Gasteiger charge is 2.23. The Hall–Kier alpha value is -3.71. The fraction of sp³-hybridized carbons (Fsp3) is 0.261. The number of halogens is 1. The minimum absolute atomic E-state index is 0.0534. The van der Waals surface area contributed by atoms with E-state index in [0.29, 0.717) is 22.3 Å². The van der Waals surface area contributed by atoms with Gasteiger partial charge in [-0.1, -0.05) is 26.0 Å². The maximum Gasteiger partial charge on any atom is 0.333 e. The van der Waals surface area contributed by atoms with Crippen molar-refractivity contribution in [3.63, 3.8) is 0 Å². The van der Waals surface area contributed by atoms with E-state index < -0.39 is 21.9 Å². The lowest BCUT2D eigenvalue weighted by Gasteiger charge is -2.19. The first kappa shape index (κ1) is 23.9. The summed E-state index contributed by atoms with van der Waals surface area (Å²) in [6.07, 6.45) is 1.51. The minimum Gasteiger partial charge on any atom is -0.306 e. The fourth-order valence-corrected chi connectivity index (χ4v) is 4.11. The molecule has 0 aliphatic rings. The number of sulfonamides is 1. The predicted octanol–water partition coefficient (Wildman–Crippen LogP) is 4.78. The Labute approximate surface area is 192 Å². The molecule has 172 valence electrons. The van der Waals surface area contributed by atoms with E-state index in [0.717, 1.165) is 0 Å². The third-order valence-electron chi connectivity index (χ3n) is 4.91. The monoisotopic (exact) mass is 469 g/mol. The molecule has 3 rings (SSSR count). The zero-order valence-corrected chi connectivity index (χ0v) is 19.4. The van der Waals surface area contributed by atoms with Crippen LogP contribution in [0.2, 0.25) is 0 Å². The van der Waals surface area contributed by atoms with Crippen LogP contribution in [0, 0.1) is 17.1 Å². The second-order valence-corrected chi connectivity index (χ2v) is 9.68. The molecule has 33 heavy (non-hydrogen) atoms. The number of nitrogens with zero attached hydrogens (tertiary/aromatic N) is 3. The molecule has 3 aromatic rings. The SMILES string of the molecule is CC(C)c1cc(F)cc(-c2cccc(C#N)c2)c1NC(=O)NS(=O)(=O)c1ccn(C(C)C)n1. The van der Waals surface area contributed by atoms with E-state index in [4.69, 9.17) is 0 Å². The first-order chi connectivity index (χ1) is 15.5. The van der Waals surface area contributed by atoms with Crippen molar-refractivity contribution in [2.24, 2.45) is 0 Å². The Kier molecular flexibility index (Phi) is 6.84. The topological polar surface area (TPSA) is 117 Å². The summed E-state index contributed by atoms with van der Waals surface area (Å²) in [4.78, 5) is 12.7. The van der Waals surface area contributed by atoms with Crippen LogP contribution < -0.4 is 10.0 Å². The van der Waals surface area contributed by atoms with Crippen LogP contribution in [-0.2, 0) is 10.0 Å². The van der Waals surface area contributed by atoms with Crippen molar-refractivity contribution in [3.8, 4) is 17.2 Å². The van der Waals surface area contributed by atoms with E-state index >= 15 is 0 Å². The van der Waals surface area contributed by atoms with Gasteiger partial charge in [-0.3, -0.25) is 4.68 Å². The second kappa shape index (κ2) is 9.42. The molecule has 0 saturated heterocycles. The van der Waals surface area contributed by atoms with Crippen LogP contribution in [0.1, 0.15) is 50.8 Å². The summed E-state index contributed by atoms with van der Waals surface area (Å²) >= 11 is 0. The molecule has 0 atom stereocenters. The number of carbonyl (C=O) groups excluding carboxylic acids is 1. The third-order valence-corrected chi connectivity index (χ3v) is 6.13. The van der Waals surface area contributed by atoms with Gasteiger partial charge in [0.2, 0.25) is 0 Å². The number of aromatic nitrogens is 2. The first-order valence-electron chi connectivity index (χ1n) is 10.2. The molecule has 0 saturated carbocycles. The number of carbonyl (C=O) groups is 1. The average Bonchev–Trinajstić information content (AvgIpc) is 3.26. The number of nitriles is 1. The number of benzene rings is 2. The molecule has 2 amide bonds. The number of nitrogens with one attached hydrogen (secondary N) is 2. The van der Waals surface area contributed by atoms with Crippen molar-refractivity contribution in [3.05, 3.63) is 65.6 Å². The summed E-state index contributed by atoms with van der Waals surface area (Å²) in [7, 11) is -4.23. The molecular weight excluding hydrogens is 445 g/mol. The molecule has 0 aliphatic heterocycles. The molecule has 0 aliphatic carbocycles. The Balaban J connectivity index is 1.99. The Morgan fingerprint density at radius 3 is 2.48 bits per heavy atom. The molecule has 0 bridgehead atoms. The van der Waals surface area contributed by atoms with E-state index in [2.05, 4.69) is 10.4 Å². The summed E-state index contributed by atoms with van der Waals surface area (Å²) in [5.74, 6) is -0.707. The van der Waals surface area contributed by atoms with Crippen molar-refractivity contribution >= 4 is 21.7 Å². The third kappa shape index (κ3) is 5.38. The van der Waals surface area contributed by atoms with Gasteiger partial charge in [0.05, 0.1) is 17.3 Å². The summed E-state index contributed by atoms with van der Waals surface area (Å²) in [6, 6.07) is 11.3. The number of anilines is 1. The number of hydrogen-bond acceptors (Lipinski definition) is 5. The number of amides is 2. The number of urea groups is 1. The zero-order chi connectivity index (χ0) is 24.3. The van der Waals surface area contributed by atoms with Crippen LogP contribution in [0.25, 0.3) is 11.1 Å². The van der Waals surface area contributed by atoms with Gasteiger partial charge in [0.1, 0.15) is 5.82 Å². The van der Waals surface area contributed by atoms with Crippen LogP contribution in [0.15, 0.2) is 53.7 Å². The van der Waals surface area contributed by atoms with E-state index in [9.17, 15) is 22.9 Å². The molecule has 0 unspecified atom stereocenters. The first-order valence-corrected chi connectivity index (χ1v) is 11.7. The van der Waals surface area contributed by atoms with Crippen LogP contribution in [0.4, 0.5) is 14.9 Å². The van der Waals surface area contributed by atoms with Gasteiger partial charge in [-0.15, -0.1) is 0 Å². The Morgan fingerprint density at radius 2 is 1.88 bits per heavy atom. The molecule has 2 N–H and O–H groups in total. The highest BCUT2D eigenvalue weighted by atomic mass is 32.2. The van der Waals surface area contributed by atoms with Crippen LogP contribution in [0.5, 0.6) is 0 Å². The maximum absolute atomic E-state index is 14.4. The lowest BCUT2D eigenvalue weighted by molar-refractivity contribution is 0.256. The van der Waals surface area contributed by atoms with E-state index in [1.54, 1.807) is 24.3 Å². The van der Waals surface area contributed by atoms with Gasteiger partial charge in [0.15, 0.2) is 5.03 Å². The van der Waals surface area contributed by atoms with Crippen molar-refractivity contribution in [1.29, 1.82) is 5.26 Å². The molecule has 1 aromatic heterocycles. The van der Waals surface area contributed by atoms with Gasteiger partial charge in [-0.05, 0) is 61.2 Å². The molecule has 1 heterocycles. The fourth-order valence-electron chi connectivity index (χ4n) is 3.27. The highest BCUT2D eigenvalue weighted by Crippen LogP contribution is 2.36. The standard InChI is InChI=1S/C23H24FN5O3S/c1-14(2)19-11-18(24)12-20(17-7-5-6-16(10-17)13-25)22(19)26-23(30)28-33(31,32)21-8-9-29(27-21)15(3)4/h5-12,14-15H,1-4H3,(H2,26,28,30). The zero-order valence-electron chi connectivity index (χ0n) is 18.6. The van der Waals surface area contributed by atoms with Gasteiger partial charge in [0, 0.05) is 17.8 Å². The smallest absolute Gasteiger partial charge is 0.306 e. The maximum atomic E-state index is 14.4. The normalized spacial score (nSPS) is 11.5. The van der Waals surface area contributed by atoms with Crippen molar-refractivity contribution in [1.82, 2.24) is 14.5 Å². The quantitative estimate of drug-likeness (QED) is 0.539. The lowest BCUT2D eigenvalue weighted by atomic mass is 9.93. The largest absolute Gasteiger partial charge is 0.333 e. The summed E-state index contributed by atoms with van der Waals surface area (Å²) in [6.45, 7) is 7.33.